The molecule has 0 saturated carbocycles. The fraction of sp³-hybridized carbons (Fsp3) is 0.500. The number of hydrogen-bond acceptors (Lipinski definition) is 5. The molecule has 0 aliphatic carbocycles. The van der Waals surface area contributed by atoms with Gasteiger partial charge in [0.1, 0.15) is 5.71 Å². The van der Waals surface area contributed by atoms with E-state index in [1.165, 1.54) is 18.6 Å². The minimum absolute atomic E-state index is 0.0155. The quantitative estimate of drug-likeness (QED) is 0.286. The second-order valence-electron chi connectivity index (χ2n) is 7.29. The predicted molar refractivity (Wildman–Crippen MR) is 146 cm³/mol. The molecule has 1 amide bonds. The number of aliphatic hydroxyl groups excluding tert-OH is 1. The molecule has 6 nitrogen and oxygen atoms in total. The van der Waals surface area contributed by atoms with E-state index in [1.807, 2.05) is 64.2 Å². The number of hydroxylamine groups is 2. The molecule has 1 unspecified atom stereocenters. The van der Waals surface area contributed by atoms with Crippen LogP contribution in [0.2, 0.25) is 0 Å². The first-order valence-electron chi connectivity index (χ1n) is 12.1. The lowest BCUT2D eigenvalue weighted by Crippen LogP contribution is -2.44. The molecule has 1 aliphatic heterocycles. The van der Waals surface area contributed by atoms with Crippen molar-refractivity contribution in [2.45, 2.75) is 60.8 Å². The molecule has 1 aliphatic rings. The van der Waals surface area contributed by atoms with Gasteiger partial charge >= 0.3 is 0 Å². The molecule has 6 heteroatoms. The van der Waals surface area contributed by atoms with Gasteiger partial charge in [0.2, 0.25) is 0 Å². The molecular formula is C28H47N3O3. The molecule has 0 fully saturated rings. The Morgan fingerprint density at radius 3 is 2.29 bits per heavy atom. The van der Waals surface area contributed by atoms with Gasteiger partial charge in [0.05, 0.1) is 24.8 Å². The summed E-state index contributed by atoms with van der Waals surface area (Å²) >= 11 is 0. The molecule has 0 saturated heterocycles. The minimum Gasteiger partial charge on any atom is -0.396 e. The molecular weight excluding hydrogens is 426 g/mol. The van der Waals surface area contributed by atoms with Crippen molar-refractivity contribution >= 4 is 11.6 Å². The van der Waals surface area contributed by atoms with Gasteiger partial charge in [-0.1, -0.05) is 83.7 Å². The third-order valence-corrected chi connectivity index (χ3v) is 4.78. The lowest BCUT2D eigenvalue weighted by atomic mass is 9.72. The summed E-state index contributed by atoms with van der Waals surface area (Å²) in [6.07, 6.45) is 17.2. The average molecular weight is 474 g/mol. The molecule has 0 aromatic heterocycles. The van der Waals surface area contributed by atoms with E-state index in [4.69, 9.17) is 9.94 Å². The summed E-state index contributed by atoms with van der Waals surface area (Å²) in [4.78, 5) is 18.3. The zero-order chi connectivity index (χ0) is 26.6. The zero-order valence-electron chi connectivity index (χ0n) is 22.7. The molecule has 1 atom stereocenters. The van der Waals surface area contributed by atoms with Gasteiger partial charge in [-0.05, 0) is 44.4 Å². The number of hydrazone groups is 1. The third kappa shape index (κ3) is 9.65. The third-order valence-electron chi connectivity index (χ3n) is 4.78. The smallest absolute Gasteiger partial charge is 0.294 e. The van der Waals surface area contributed by atoms with Crippen molar-refractivity contribution in [1.29, 1.82) is 0 Å². The van der Waals surface area contributed by atoms with E-state index in [2.05, 4.69) is 27.0 Å². The highest BCUT2D eigenvalue weighted by Crippen LogP contribution is 2.42. The lowest BCUT2D eigenvalue weighted by Gasteiger charge is -2.33. The number of amides is 1. The van der Waals surface area contributed by atoms with Crippen LogP contribution in [0.1, 0.15) is 60.8 Å². The normalized spacial score (nSPS) is 18.1. The predicted octanol–water partition coefficient (Wildman–Crippen LogP) is 6.21. The summed E-state index contributed by atoms with van der Waals surface area (Å²) in [6.45, 7) is 20.3. The van der Waals surface area contributed by atoms with Gasteiger partial charge in [0.25, 0.3) is 5.91 Å². The number of allylic oxidation sites excluding steroid dienone is 8. The topological polar surface area (TPSA) is 65.4 Å². The van der Waals surface area contributed by atoms with E-state index in [1.54, 1.807) is 24.2 Å². The van der Waals surface area contributed by atoms with Crippen LogP contribution < -0.4 is 0 Å². The highest BCUT2D eigenvalue weighted by Gasteiger charge is 2.48. The lowest BCUT2D eigenvalue weighted by molar-refractivity contribution is -0.160. The second kappa shape index (κ2) is 19.7. The van der Waals surface area contributed by atoms with Gasteiger partial charge in [-0.3, -0.25) is 14.6 Å². The van der Waals surface area contributed by atoms with Crippen LogP contribution in [0.25, 0.3) is 0 Å². The number of carbonyl (C=O) groups excluding carboxylic acids is 1. The van der Waals surface area contributed by atoms with Crippen LogP contribution in [0.5, 0.6) is 0 Å². The van der Waals surface area contributed by atoms with Crippen molar-refractivity contribution in [3.8, 4) is 0 Å². The Kier molecular flexibility index (Phi) is 19.4. The number of aliphatic hydroxyl groups is 1. The summed E-state index contributed by atoms with van der Waals surface area (Å²) < 4.78 is 0. The number of rotatable bonds is 11. The Balaban J connectivity index is 0. The zero-order valence-corrected chi connectivity index (χ0v) is 22.7. The van der Waals surface area contributed by atoms with Crippen LogP contribution in [0, 0.1) is 5.41 Å². The largest absolute Gasteiger partial charge is 0.396 e. The summed E-state index contributed by atoms with van der Waals surface area (Å²) in [5.74, 6) is -0.334. The number of hydrogen-bond donors (Lipinski definition) is 1. The molecule has 0 bridgehead atoms. The fourth-order valence-corrected chi connectivity index (χ4v) is 3.30. The SMILES string of the molecule is C=C/C=C(\C=C/C)N1CC(CCCO)(/C(C=C)=C/C=C\C)C(C(=O)N(C)OC)=N1.CC.CCC. The molecule has 34 heavy (non-hydrogen) atoms. The van der Waals surface area contributed by atoms with Gasteiger partial charge in [0.15, 0.2) is 0 Å². The van der Waals surface area contributed by atoms with Crippen LogP contribution >= 0.6 is 0 Å². The van der Waals surface area contributed by atoms with E-state index in [0.717, 1.165) is 11.3 Å². The van der Waals surface area contributed by atoms with Crippen LogP contribution in [0.3, 0.4) is 0 Å². The van der Waals surface area contributed by atoms with Gasteiger partial charge in [-0.25, -0.2) is 5.06 Å². The summed E-state index contributed by atoms with van der Waals surface area (Å²) in [7, 11) is 2.99. The molecule has 1 rings (SSSR count). The molecule has 0 aromatic carbocycles. The maximum Gasteiger partial charge on any atom is 0.294 e. The molecule has 0 spiro atoms. The second-order valence-corrected chi connectivity index (χ2v) is 7.29. The molecule has 1 heterocycles. The molecule has 0 radical (unpaired) electrons. The Morgan fingerprint density at radius 2 is 1.85 bits per heavy atom. The van der Waals surface area contributed by atoms with Crippen molar-refractivity contribution in [2.75, 3.05) is 27.3 Å². The van der Waals surface area contributed by atoms with Gasteiger partial charge < -0.3 is 5.11 Å². The fourth-order valence-electron chi connectivity index (χ4n) is 3.30. The molecule has 192 valence electrons. The number of nitrogens with zero attached hydrogens (tertiary/aromatic N) is 3. The molecule has 0 aromatic rings. The maximum absolute atomic E-state index is 13.2. The highest BCUT2D eigenvalue weighted by molar-refractivity contribution is 6.41. The average Bonchev–Trinajstić information content (AvgIpc) is 3.24. The number of carbonyl (C=O) groups is 1. The minimum atomic E-state index is -0.740. The Bertz CT molecular complexity index is 763. The van der Waals surface area contributed by atoms with Crippen LogP contribution in [0.15, 0.2) is 78.1 Å². The van der Waals surface area contributed by atoms with Crippen molar-refractivity contribution in [2.24, 2.45) is 10.5 Å². The van der Waals surface area contributed by atoms with E-state index < -0.39 is 5.41 Å². The van der Waals surface area contributed by atoms with Crippen molar-refractivity contribution < 1.29 is 14.7 Å². The van der Waals surface area contributed by atoms with Crippen molar-refractivity contribution in [1.82, 2.24) is 10.1 Å². The van der Waals surface area contributed by atoms with Gasteiger partial charge in [-0.2, -0.15) is 5.10 Å². The van der Waals surface area contributed by atoms with Crippen LogP contribution in [0.4, 0.5) is 0 Å². The van der Waals surface area contributed by atoms with Crippen molar-refractivity contribution in [3.63, 3.8) is 0 Å². The maximum atomic E-state index is 13.2. The van der Waals surface area contributed by atoms with Crippen molar-refractivity contribution in [3.05, 3.63) is 73.0 Å². The van der Waals surface area contributed by atoms with Gasteiger partial charge in [-0.15, -0.1) is 0 Å². The Labute approximate surface area is 208 Å². The summed E-state index contributed by atoms with van der Waals surface area (Å²) in [5.41, 5.74) is 1.29. The van der Waals surface area contributed by atoms with Crippen LogP contribution in [-0.4, -0.2) is 54.1 Å². The monoisotopic (exact) mass is 473 g/mol. The molecule has 1 N–H and O–H groups in total. The first-order valence-corrected chi connectivity index (χ1v) is 12.1. The summed E-state index contributed by atoms with van der Waals surface area (Å²) in [6, 6.07) is 0. The van der Waals surface area contributed by atoms with E-state index in [-0.39, 0.29) is 12.5 Å². The highest BCUT2D eigenvalue weighted by atomic mass is 16.7. The van der Waals surface area contributed by atoms with E-state index >= 15 is 0 Å². The van der Waals surface area contributed by atoms with Gasteiger partial charge in [0, 0.05) is 13.7 Å². The standard InChI is InChI=1S/C23H33N3O3.C3H8.C2H6/c1-7-11-15-19(10-4)23(16-12-17-27)18-26(20(13-8-2)14-9-3)24-21(23)22(28)25(5)29-6;1-3-2;1-2/h7-11,13-15,27H,2,4,12,16-18H2,1,3,5-6H3;3H2,1-2H3;1-2H3/b11-7-,14-9-,19-15+,20-13+;;. The first kappa shape index (κ1) is 33.5. The van der Waals surface area contributed by atoms with Crippen LogP contribution in [-0.2, 0) is 9.63 Å². The summed E-state index contributed by atoms with van der Waals surface area (Å²) in [5, 5.41) is 17.2. The Hall–Kier alpha value is -2.70. The Morgan fingerprint density at radius 1 is 1.24 bits per heavy atom. The first-order chi connectivity index (χ1) is 16.4. The van der Waals surface area contributed by atoms with E-state index in [0.29, 0.717) is 25.1 Å². The van der Waals surface area contributed by atoms with E-state index in [9.17, 15) is 9.90 Å².